The molecule has 0 unspecified atom stereocenters. The highest BCUT2D eigenvalue weighted by Gasteiger charge is 2.27. The molecule has 0 atom stereocenters. The Hall–Kier alpha value is -4.09. The van der Waals surface area contributed by atoms with E-state index < -0.39 is 0 Å². The van der Waals surface area contributed by atoms with Crippen molar-refractivity contribution in [2.45, 2.75) is 51.7 Å². The van der Waals surface area contributed by atoms with Crippen molar-refractivity contribution in [1.29, 1.82) is 5.26 Å². The number of carbonyl (C=O) groups excluding carboxylic acids is 2. The van der Waals surface area contributed by atoms with Gasteiger partial charge in [0, 0.05) is 38.9 Å². The average Bonchev–Trinajstić information content (AvgIpc) is 3.00. The van der Waals surface area contributed by atoms with Crippen molar-refractivity contribution in [2.24, 2.45) is 5.92 Å². The second-order valence-corrected chi connectivity index (χ2v) is 10.9. The van der Waals surface area contributed by atoms with Crippen LogP contribution >= 0.6 is 0 Å². The molecule has 3 aromatic rings. The highest BCUT2D eigenvalue weighted by Crippen LogP contribution is 2.24. The second kappa shape index (κ2) is 12.8. The Bertz CT molecular complexity index is 1330. The first-order valence-corrected chi connectivity index (χ1v) is 14.1. The van der Waals surface area contributed by atoms with Gasteiger partial charge in [0.25, 0.3) is 5.91 Å². The van der Waals surface area contributed by atoms with Crippen LogP contribution in [0.2, 0.25) is 0 Å². The average molecular weight is 538 g/mol. The van der Waals surface area contributed by atoms with Gasteiger partial charge in [-0.3, -0.25) is 14.5 Å². The van der Waals surface area contributed by atoms with Gasteiger partial charge in [-0.25, -0.2) is 9.97 Å². The van der Waals surface area contributed by atoms with Gasteiger partial charge < -0.3 is 9.64 Å². The number of nitrogens with zero attached hydrogens (tertiary/aromatic N) is 5. The van der Waals surface area contributed by atoms with Gasteiger partial charge in [0.05, 0.1) is 24.0 Å². The smallest absolute Gasteiger partial charge is 0.274 e. The zero-order valence-corrected chi connectivity index (χ0v) is 23.0. The number of rotatable bonds is 8. The topological polar surface area (TPSA) is 99.4 Å². The summed E-state index contributed by atoms with van der Waals surface area (Å²) in [7, 11) is 0. The summed E-state index contributed by atoms with van der Waals surface area (Å²) in [6, 6.07) is 17.9. The van der Waals surface area contributed by atoms with Gasteiger partial charge in [0.2, 0.25) is 0 Å². The molecule has 0 aliphatic carbocycles. The second-order valence-electron chi connectivity index (χ2n) is 10.9. The Labute approximate surface area is 235 Å². The van der Waals surface area contributed by atoms with Crippen LogP contribution in [0.5, 0.6) is 5.75 Å². The molecule has 0 N–H and O–H groups in total. The number of hydrogen-bond acceptors (Lipinski definition) is 7. The SMILES string of the molecule is Cc1ccc(OC2CCN(C(=O)c3cnc(C(=O)CC4CCN(Cc5ccc(C#N)cc5)CC4)cn3)CC2)cc1. The number of carbonyl (C=O) groups is 2. The summed E-state index contributed by atoms with van der Waals surface area (Å²) < 4.78 is 6.07. The van der Waals surface area contributed by atoms with Crippen molar-refractivity contribution in [1.82, 2.24) is 19.8 Å². The fourth-order valence-corrected chi connectivity index (χ4v) is 5.39. The normalized spacial score (nSPS) is 16.9. The van der Waals surface area contributed by atoms with Crippen molar-refractivity contribution >= 4 is 11.7 Å². The molecule has 3 heterocycles. The number of aromatic nitrogens is 2. The Morgan fingerprint density at radius 3 is 2.17 bits per heavy atom. The lowest BCUT2D eigenvalue weighted by Gasteiger charge is -2.32. The van der Waals surface area contributed by atoms with Gasteiger partial charge >= 0.3 is 0 Å². The van der Waals surface area contributed by atoms with E-state index >= 15 is 0 Å². The van der Waals surface area contributed by atoms with Crippen molar-refractivity contribution in [3.63, 3.8) is 0 Å². The van der Waals surface area contributed by atoms with Crippen molar-refractivity contribution < 1.29 is 14.3 Å². The van der Waals surface area contributed by atoms with Gasteiger partial charge in [0.1, 0.15) is 23.2 Å². The standard InChI is InChI=1S/C32H35N5O3/c1-23-2-8-27(9-3-23)40-28-12-16-37(17-13-28)32(39)30-21-34-29(20-35-30)31(38)18-24-10-14-36(15-11-24)22-26-6-4-25(19-33)5-7-26/h2-9,20-21,24,28H,10-18,22H2,1H3. The number of hydrogen-bond donors (Lipinski definition) is 0. The molecule has 2 aliphatic heterocycles. The van der Waals surface area contributed by atoms with Gasteiger partial charge in [0.15, 0.2) is 5.78 Å². The minimum atomic E-state index is -0.157. The van der Waals surface area contributed by atoms with E-state index in [0.717, 1.165) is 51.1 Å². The number of nitriles is 1. The Morgan fingerprint density at radius 2 is 1.55 bits per heavy atom. The number of likely N-dealkylation sites (tertiary alicyclic amines) is 2. The molecule has 0 spiro atoms. The molecular weight excluding hydrogens is 502 g/mol. The largest absolute Gasteiger partial charge is 0.490 e. The predicted octanol–water partition coefficient (Wildman–Crippen LogP) is 4.83. The Balaban J connectivity index is 1.05. The van der Waals surface area contributed by atoms with Crippen LogP contribution in [0.15, 0.2) is 60.9 Å². The highest BCUT2D eigenvalue weighted by molar-refractivity contribution is 5.95. The van der Waals surface area contributed by atoms with E-state index in [0.29, 0.717) is 36.7 Å². The predicted molar refractivity (Wildman–Crippen MR) is 151 cm³/mol. The van der Waals surface area contributed by atoms with Crippen LogP contribution in [-0.2, 0) is 6.54 Å². The number of amides is 1. The van der Waals surface area contributed by atoms with E-state index in [-0.39, 0.29) is 23.5 Å². The summed E-state index contributed by atoms with van der Waals surface area (Å²) >= 11 is 0. The molecule has 2 aliphatic rings. The fourth-order valence-electron chi connectivity index (χ4n) is 5.39. The summed E-state index contributed by atoms with van der Waals surface area (Å²) in [4.78, 5) is 38.6. The number of ether oxygens (including phenoxy) is 1. The maximum Gasteiger partial charge on any atom is 0.274 e. The quantitative estimate of drug-likeness (QED) is 0.380. The monoisotopic (exact) mass is 537 g/mol. The molecule has 0 bridgehead atoms. The summed E-state index contributed by atoms with van der Waals surface area (Å²) in [5, 5.41) is 8.96. The molecule has 0 radical (unpaired) electrons. The molecule has 2 aromatic carbocycles. The summed E-state index contributed by atoms with van der Waals surface area (Å²) in [6.07, 6.45) is 6.84. The van der Waals surface area contributed by atoms with Crippen molar-refractivity contribution in [3.05, 3.63) is 89.0 Å². The molecule has 206 valence electrons. The van der Waals surface area contributed by atoms with Gasteiger partial charge in [-0.05, 0) is 68.6 Å². The molecule has 5 rings (SSSR count). The van der Waals surface area contributed by atoms with Gasteiger partial charge in [-0.1, -0.05) is 29.8 Å². The zero-order valence-electron chi connectivity index (χ0n) is 23.0. The van der Waals surface area contributed by atoms with E-state index in [1.807, 2.05) is 55.5 Å². The Kier molecular flexibility index (Phi) is 8.82. The van der Waals surface area contributed by atoms with E-state index in [1.54, 1.807) is 4.90 Å². The highest BCUT2D eigenvalue weighted by atomic mass is 16.5. The van der Waals surface area contributed by atoms with Crippen LogP contribution in [0.25, 0.3) is 0 Å². The van der Waals surface area contributed by atoms with Crippen molar-refractivity contribution in [3.8, 4) is 11.8 Å². The molecule has 8 nitrogen and oxygen atoms in total. The molecule has 40 heavy (non-hydrogen) atoms. The number of piperidine rings is 2. The van der Waals surface area contributed by atoms with E-state index in [1.165, 1.54) is 23.5 Å². The third-order valence-electron chi connectivity index (χ3n) is 7.88. The minimum Gasteiger partial charge on any atom is -0.490 e. The number of aryl methyl sites for hydroxylation is 1. The van der Waals surface area contributed by atoms with Crippen LogP contribution in [-0.4, -0.2) is 63.7 Å². The number of benzene rings is 2. The van der Waals surface area contributed by atoms with E-state index in [2.05, 4.69) is 20.9 Å². The first kappa shape index (κ1) is 27.5. The summed E-state index contributed by atoms with van der Waals surface area (Å²) in [5.74, 6) is 0.993. The lowest BCUT2D eigenvalue weighted by atomic mass is 9.91. The molecule has 1 amide bonds. The van der Waals surface area contributed by atoms with Crippen LogP contribution < -0.4 is 4.74 Å². The maximum absolute atomic E-state index is 13.0. The molecule has 0 saturated carbocycles. The lowest BCUT2D eigenvalue weighted by Crippen LogP contribution is -2.42. The Morgan fingerprint density at radius 1 is 0.900 bits per heavy atom. The van der Waals surface area contributed by atoms with Crippen molar-refractivity contribution in [2.75, 3.05) is 26.2 Å². The first-order chi connectivity index (χ1) is 19.5. The van der Waals surface area contributed by atoms with Crippen LogP contribution in [0, 0.1) is 24.2 Å². The van der Waals surface area contributed by atoms with Crippen LogP contribution in [0.1, 0.15) is 69.8 Å². The maximum atomic E-state index is 13.0. The minimum absolute atomic E-state index is 0.0221. The van der Waals surface area contributed by atoms with E-state index in [9.17, 15) is 9.59 Å². The lowest BCUT2D eigenvalue weighted by molar-refractivity contribution is 0.0589. The van der Waals surface area contributed by atoms with Gasteiger partial charge in [-0.15, -0.1) is 0 Å². The third kappa shape index (κ3) is 7.10. The molecule has 2 fully saturated rings. The summed E-state index contributed by atoms with van der Waals surface area (Å²) in [5.41, 5.74) is 3.65. The fraction of sp³-hybridized carbons (Fsp3) is 0.406. The molecule has 1 aromatic heterocycles. The number of ketones is 1. The molecule has 8 heteroatoms. The van der Waals surface area contributed by atoms with Crippen LogP contribution in [0.4, 0.5) is 0 Å². The first-order valence-electron chi connectivity index (χ1n) is 14.1. The van der Waals surface area contributed by atoms with Gasteiger partial charge in [-0.2, -0.15) is 5.26 Å². The molecular formula is C32H35N5O3. The number of Topliss-reactive ketones (excluding diaryl/α,β-unsaturated/α-hetero) is 1. The zero-order chi connectivity index (χ0) is 27.9. The van der Waals surface area contributed by atoms with E-state index in [4.69, 9.17) is 10.00 Å². The summed E-state index contributed by atoms with van der Waals surface area (Å²) in [6.45, 7) is 5.97. The third-order valence-corrected chi connectivity index (χ3v) is 7.88. The molecule has 2 saturated heterocycles. The van der Waals surface area contributed by atoms with Crippen LogP contribution in [0.3, 0.4) is 0 Å².